The lowest BCUT2D eigenvalue weighted by Crippen LogP contribution is -2.31. The van der Waals surface area contributed by atoms with E-state index in [9.17, 15) is 18.0 Å². The Kier molecular flexibility index (Phi) is 4.17. The lowest BCUT2D eigenvalue weighted by atomic mass is 9.95. The first kappa shape index (κ1) is 17.3. The molecular weight excluding hydrogens is 361 g/mol. The van der Waals surface area contributed by atoms with Crippen molar-refractivity contribution in [3.63, 3.8) is 0 Å². The number of anilines is 1. The third-order valence-electron chi connectivity index (χ3n) is 4.56. The van der Waals surface area contributed by atoms with Crippen LogP contribution in [0.25, 0.3) is 11.4 Å². The van der Waals surface area contributed by atoms with E-state index in [0.29, 0.717) is 23.6 Å². The van der Waals surface area contributed by atoms with Gasteiger partial charge in [-0.05, 0) is 30.7 Å². The molecule has 2 N–H and O–H groups in total. The van der Waals surface area contributed by atoms with Crippen LogP contribution in [0, 0.1) is 5.92 Å². The van der Waals surface area contributed by atoms with Gasteiger partial charge in [-0.1, -0.05) is 0 Å². The highest BCUT2D eigenvalue weighted by Crippen LogP contribution is 2.32. The fraction of sp³-hybridized carbons (Fsp3) is 0.294. The molecule has 3 aromatic rings. The summed E-state index contributed by atoms with van der Waals surface area (Å²) in [5, 5.41) is 9.35. The van der Waals surface area contributed by atoms with Gasteiger partial charge >= 0.3 is 6.18 Å². The molecule has 0 saturated carbocycles. The van der Waals surface area contributed by atoms with E-state index < -0.39 is 17.9 Å². The van der Waals surface area contributed by atoms with Crippen LogP contribution in [0.5, 0.6) is 0 Å². The fourth-order valence-corrected chi connectivity index (χ4v) is 3.21. The molecule has 0 spiro atoms. The number of carbonyl (C=O) groups excluding carboxylic acids is 1. The zero-order chi connectivity index (χ0) is 19.0. The minimum absolute atomic E-state index is 0.118. The normalized spacial score (nSPS) is 16.8. The van der Waals surface area contributed by atoms with Crippen LogP contribution in [0.2, 0.25) is 0 Å². The molecule has 0 radical (unpaired) electrons. The van der Waals surface area contributed by atoms with E-state index in [2.05, 4.69) is 25.5 Å². The molecule has 1 aliphatic rings. The topological polar surface area (TPSA) is 88.5 Å². The van der Waals surface area contributed by atoms with Gasteiger partial charge in [0.1, 0.15) is 6.33 Å². The molecule has 0 unspecified atom stereocenters. The van der Waals surface area contributed by atoms with Crippen molar-refractivity contribution in [2.45, 2.75) is 25.6 Å². The van der Waals surface area contributed by atoms with Gasteiger partial charge in [0.15, 0.2) is 5.82 Å². The van der Waals surface area contributed by atoms with E-state index in [1.165, 1.54) is 12.5 Å². The number of nitrogens with zero attached hydrogens (tertiary/aromatic N) is 4. The van der Waals surface area contributed by atoms with E-state index in [4.69, 9.17) is 0 Å². The Morgan fingerprint density at radius 3 is 2.67 bits per heavy atom. The molecule has 1 aliphatic heterocycles. The second kappa shape index (κ2) is 6.53. The minimum Gasteiger partial charge on any atom is -0.326 e. The smallest absolute Gasteiger partial charge is 0.326 e. The molecule has 2 aromatic heterocycles. The van der Waals surface area contributed by atoms with E-state index >= 15 is 0 Å². The van der Waals surface area contributed by atoms with E-state index in [0.717, 1.165) is 10.1 Å². The van der Waals surface area contributed by atoms with Crippen LogP contribution < -0.4 is 5.32 Å². The molecule has 1 amide bonds. The van der Waals surface area contributed by atoms with Gasteiger partial charge in [0, 0.05) is 42.0 Å². The molecule has 140 valence electrons. The van der Waals surface area contributed by atoms with Crippen LogP contribution in [-0.2, 0) is 23.9 Å². The molecule has 1 aromatic carbocycles. The second-order valence-electron chi connectivity index (χ2n) is 6.31. The van der Waals surface area contributed by atoms with Gasteiger partial charge < -0.3 is 9.88 Å². The third kappa shape index (κ3) is 3.42. The number of imidazole rings is 1. The standard InChI is InChI=1S/C17H15F3N6O/c18-17(19,20)16-21-8-13-7-11(5-6-26(13)16)15(27)24-12-3-1-10(2-4-12)14-22-9-23-25-14/h1-4,8-9,11H,5-7H2,(H,24,27)(H,22,23,25)/t11-/m0/s1. The van der Waals surface area contributed by atoms with Gasteiger partial charge in [0.2, 0.25) is 11.7 Å². The van der Waals surface area contributed by atoms with Crippen LogP contribution in [-0.4, -0.2) is 30.6 Å². The zero-order valence-electron chi connectivity index (χ0n) is 14.0. The van der Waals surface area contributed by atoms with Gasteiger partial charge in [-0.15, -0.1) is 0 Å². The highest BCUT2D eigenvalue weighted by atomic mass is 19.4. The number of carbonyl (C=O) groups is 1. The summed E-state index contributed by atoms with van der Waals surface area (Å²) in [5.74, 6) is -0.902. The molecule has 27 heavy (non-hydrogen) atoms. The molecule has 0 aliphatic carbocycles. The number of nitrogens with one attached hydrogen (secondary N) is 2. The van der Waals surface area contributed by atoms with Crippen molar-refractivity contribution in [1.29, 1.82) is 0 Å². The Balaban J connectivity index is 1.43. The number of aromatic amines is 1. The van der Waals surface area contributed by atoms with Gasteiger partial charge in [0.05, 0.1) is 0 Å². The van der Waals surface area contributed by atoms with Crippen LogP contribution >= 0.6 is 0 Å². The average Bonchev–Trinajstić information content (AvgIpc) is 3.31. The summed E-state index contributed by atoms with van der Waals surface area (Å²) in [6.07, 6.45) is -1.32. The van der Waals surface area contributed by atoms with Gasteiger partial charge in [0.25, 0.3) is 0 Å². The Bertz CT molecular complexity index is 946. The van der Waals surface area contributed by atoms with E-state index in [-0.39, 0.29) is 18.9 Å². The number of amides is 1. The SMILES string of the molecule is O=C(Nc1ccc(-c2ncn[nH]2)cc1)[C@H]1CCn2c(cnc2C(F)(F)F)C1. The Morgan fingerprint density at radius 2 is 2.00 bits per heavy atom. The highest BCUT2D eigenvalue weighted by molar-refractivity contribution is 5.93. The van der Waals surface area contributed by atoms with Crippen molar-refractivity contribution in [2.75, 3.05) is 5.32 Å². The van der Waals surface area contributed by atoms with Crippen molar-refractivity contribution >= 4 is 11.6 Å². The van der Waals surface area contributed by atoms with Crippen LogP contribution in [0.4, 0.5) is 18.9 Å². The number of fused-ring (bicyclic) bond motifs is 1. The number of rotatable bonds is 3. The van der Waals surface area contributed by atoms with Crippen molar-refractivity contribution in [3.05, 3.63) is 48.3 Å². The second-order valence-corrected chi connectivity index (χ2v) is 6.31. The minimum atomic E-state index is -4.49. The number of benzene rings is 1. The maximum absolute atomic E-state index is 12.9. The van der Waals surface area contributed by atoms with Gasteiger partial charge in [-0.3, -0.25) is 9.89 Å². The first-order valence-electron chi connectivity index (χ1n) is 8.30. The lowest BCUT2D eigenvalue weighted by Gasteiger charge is -2.24. The first-order valence-corrected chi connectivity index (χ1v) is 8.30. The van der Waals surface area contributed by atoms with Crippen LogP contribution in [0.15, 0.2) is 36.8 Å². The van der Waals surface area contributed by atoms with Gasteiger partial charge in [-0.25, -0.2) is 9.97 Å². The van der Waals surface area contributed by atoms with Crippen molar-refractivity contribution in [3.8, 4) is 11.4 Å². The zero-order valence-corrected chi connectivity index (χ0v) is 14.0. The molecule has 10 heteroatoms. The number of H-pyrrole nitrogens is 1. The predicted molar refractivity (Wildman–Crippen MR) is 89.5 cm³/mol. The molecule has 4 rings (SSSR count). The quantitative estimate of drug-likeness (QED) is 0.736. The summed E-state index contributed by atoms with van der Waals surface area (Å²) in [4.78, 5) is 20.0. The maximum atomic E-state index is 12.9. The van der Waals surface area contributed by atoms with Crippen LogP contribution in [0.1, 0.15) is 17.9 Å². The van der Waals surface area contributed by atoms with E-state index in [1.807, 2.05) is 0 Å². The molecule has 0 saturated heterocycles. The van der Waals surface area contributed by atoms with Crippen molar-refractivity contribution in [2.24, 2.45) is 5.92 Å². The Morgan fingerprint density at radius 1 is 1.22 bits per heavy atom. The largest absolute Gasteiger partial charge is 0.449 e. The van der Waals surface area contributed by atoms with Crippen molar-refractivity contribution in [1.82, 2.24) is 24.7 Å². The molecule has 1 atom stereocenters. The predicted octanol–water partition coefficient (Wildman–Crippen LogP) is 2.89. The monoisotopic (exact) mass is 376 g/mol. The molecule has 0 bridgehead atoms. The molecule has 7 nitrogen and oxygen atoms in total. The summed E-state index contributed by atoms with van der Waals surface area (Å²) in [7, 11) is 0. The lowest BCUT2D eigenvalue weighted by molar-refractivity contribution is -0.147. The molecule has 3 heterocycles. The van der Waals surface area contributed by atoms with Crippen molar-refractivity contribution < 1.29 is 18.0 Å². The first-order chi connectivity index (χ1) is 12.9. The number of aromatic nitrogens is 5. The van der Waals surface area contributed by atoms with Gasteiger partial charge in [-0.2, -0.15) is 18.3 Å². The summed E-state index contributed by atoms with van der Waals surface area (Å²) >= 11 is 0. The van der Waals surface area contributed by atoms with Crippen LogP contribution in [0.3, 0.4) is 0 Å². The summed E-state index contributed by atoms with van der Waals surface area (Å²) in [6, 6.07) is 7.07. The molecular formula is C17H15F3N6O. The number of hydrogen-bond donors (Lipinski definition) is 2. The highest BCUT2D eigenvalue weighted by Gasteiger charge is 2.39. The number of halogens is 3. The van der Waals surface area contributed by atoms with E-state index in [1.54, 1.807) is 24.3 Å². The Labute approximate surface area is 151 Å². The number of hydrogen-bond acceptors (Lipinski definition) is 4. The summed E-state index contributed by atoms with van der Waals surface area (Å²) in [5.41, 5.74) is 1.86. The number of alkyl halides is 3. The third-order valence-corrected chi connectivity index (χ3v) is 4.56. The Hall–Kier alpha value is -3.17. The fourth-order valence-electron chi connectivity index (χ4n) is 3.21. The average molecular weight is 376 g/mol. The summed E-state index contributed by atoms with van der Waals surface area (Å²) in [6.45, 7) is 0.118. The maximum Gasteiger partial charge on any atom is 0.449 e. The summed E-state index contributed by atoms with van der Waals surface area (Å²) < 4.78 is 39.9. The molecule has 0 fully saturated rings.